The van der Waals surface area contributed by atoms with Gasteiger partial charge in [0, 0.05) is 11.4 Å². The Morgan fingerprint density at radius 3 is 2.48 bits per heavy atom. The second-order valence-electron chi connectivity index (χ2n) is 8.02. The van der Waals surface area contributed by atoms with Crippen molar-refractivity contribution in [2.24, 2.45) is 0 Å². The molecule has 1 saturated heterocycles. The zero-order valence-corrected chi connectivity index (χ0v) is 19.0. The van der Waals surface area contributed by atoms with E-state index in [4.69, 9.17) is 0 Å². The van der Waals surface area contributed by atoms with Gasteiger partial charge < -0.3 is 4.57 Å². The molecule has 4 nitrogen and oxygen atoms in total. The number of fused-ring (bicyclic) bond motifs is 1. The molecule has 0 aliphatic carbocycles. The summed E-state index contributed by atoms with van der Waals surface area (Å²) in [5, 5.41) is 1.80. The fourth-order valence-electron chi connectivity index (χ4n) is 4.32. The van der Waals surface area contributed by atoms with Gasteiger partial charge in [-0.25, -0.2) is 4.39 Å². The zero-order valence-electron chi connectivity index (χ0n) is 18.2. The maximum atomic E-state index is 14.4. The van der Waals surface area contributed by atoms with Crippen LogP contribution in [0.4, 0.5) is 9.18 Å². The number of carbonyl (C=O) groups excluding carboxylic acids is 2. The number of aromatic nitrogens is 1. The molecule has 0 unspecified atom stereocenters. The average molecular weight is 457 g/mol. The van der Waals surface area contributed by atoms with E-state index in [1.54, 1.807) is 24.3 Å². The second kappa shape index (κ2) is 8.37. The summed E-state index contributed by atoms with van der Waals surface area (Å²) >= 11 is 0.939. The Kier molecular flexibility index (Phi) is 5.38. The van der Waals surface area contributed by atoms with Gasteiger partial charge in [0.05, 0.1) is 17.1 Å². The SMILES string of the molecule is Cc1cc(/C=C2\SC(=O)N(Cc3cccc4ccccc34)C2=O)c(C)n1-c1ccccc1F. The van der Waals surface area contributed by atoms with Crippen LogP contribution in [0.5, 0.6) is 0 Å². The molecule has 0 saturated carbocycles. The average Bonchev–Trinajstić information content (AvgIpc) is 3.23. The third kappa shape index (κ3) is 3.76. The molecule has 33 heavy (non-hydrogen) atoms. The normalized spacial score (nSPS) is 15.2. The van der Waals surface area contributed by atoms with Crippen LogP contribution in [0.3, 0.4) is 0 Å². The third-order valence-corrected chi connectivity index (χ3v) is 6.84. The van der Waals surface area contributed by atoms with Crippen molar-refractivity contribution in [3.63, 3.8) is 0 Å². The largest absolute Gasteiger partial charge is 0.315 e. The van der Waals surface area contributed by atoms with Gasteiger partial charge in [-0.3, -0.25) is 14.5 Å². The predicted molar refractivity (Wildman–Crippen MR) is 131 cm³/mol. The minimum absolute atomic E-state index is 0.220. The van der Waals surface area contributed by atoms with Crippen LogP contribution in [0.15, 0.2) is 77.7 Å². The maximum Gasteiger partial charge on any atom is 0.293 e. The number of rotatable bonds is 4. The van der Waals surface area contributed by atoms with Crippen molar-refractivity contribution in [1.82, 2.24) is 9.47 Å². The predicted octanol–water partition coefficient (Wildman–Crippen LogP) is 6.62. The van der Waals surface area contributed by atoms with Crippen LogP contribution in [-0.2, 0) is 11.3 Å². The highest BCUT2D eigenvalue weighted by atomic mass is 32.2. The first kappa shape index (κ1) is 21.2. The number of halogens is 1. The molecule has 0 bridgehead atoms. The van der Waals surface area contributed by atoms with Crippen molar-refractivity contribution in [3.8, 4) is 5.69 Å². The highest BCUT2D eigenvalue weighted by molar-refractivity contribution is 8.18. The van der Waals surface area contributed by atoms with Crippen LogP contribution in [0.25, 0.3) is 22.5 Å². The molecule has 1 fully saturated rings. The number of hydrogen-bond donors (Lipinski definition) is 0. The lowest BCUT2D eigenvalue weighted by Crippen LogP contribution is -2.27. The first-order chi connectivity index (χ1) is 15.9. The standard InChI is InChI=1S/C27H21FN2O2S/c1-17-14-21(18(2)30(17)24-13-6-5-12-23(24)28)15-25-26(31)29(27(32)33-25)16-20-10-7-9-19-8-3-4-11-22(19)20/h3-15H,16H2,1-2H3/b25-15-. The van der Waals surface area contributed by atoms with E-state index in [0.717, 1.165) is 45.0 Å². The molecule has 0 atom stereocenters. The molecule has 0 N–H and O–H groups in total. The first-order valence-electron chi connectivity index (χ1n) is 10.6. The van der Waals surface area contributed by atoms with Crippen LogP contribution >= 0.6 is 11.8 Å². The number of amides is 2. The monoisotopic (exact) mass is 456 g/mol. The van der Waals surface area contributed by atoms with Crippen molar-refractivity contribution in [2.45, 2.75) is 20.4 Å². The number of carbonyl (C=O) groups is 2. The number of thioether (sulfide) groups is 1. The Labute approximate surface area is 195 Å². The van der Waals surface area contributed by atoms with E-state index in [1.165, 1.54) is 11.0 Å². The summed E-state index contributed by atoms with van der Waals surface area (Å²) in [6.45, 7) is 3.99. The number of hydrogen-bond acceptors (Lipinski definition) is 3. The molecule has 0 radical (unpaired) electrons. The highest BCUT2D eigenvalue weighted by Crippen LogP contribution is 2.35. The highest BCUT2D eigenvalue weighted by Gasteiger charge is 2.35. The van der Waals surface area contributed by atoms with Crippen LogP contribution in [-0.4, -0.2) is 20.6 Å². The Hall–Kier alpha value is -3.64. The minimum atomic E-state index is -0.318. The summed E-state index contributed by atoms with van der Waals surface area (Å²) < 4.78 is 16.2. The molecule has 6 heteroatoms. The van der Waals surface area contributed by atoms with Crippen LogP contribution in [0, 0.1) is 19.7 Å². The molecule has 3 aromatic carbocycles. The van der Waals surface area contributed by atoms with E-state index in [-0.39, 0.29) is 23.5 Å². The van der Waals surface area contributed by atoms with Gasteiger partial charge in [-0.1, -0.05) is 54.6 Å². The van der Waals surface area contributed by atoms with Gasteiger partial charge in [-0.15, -0.1) is 0 Å². The molecule has 1 aliphatic rings. The van der Waals surface area contributed by atoms with Gasteiger partial charge in [0.2, 0.25) is 0 Å². The fourth-order valence-corrected chi connectivity index (χ4v) is 5.14. The molecule has 4 aromatic rings. The topological polar surface area (TPSA) is 42.3 Å². The van der Waals surface area contributed by atoms with E-state index in [9.17, 15) is 14.0 Å². The number of aryl methyl sites for hydroxylation is 1. The quantitative estimate of drug-likeness (QED) is 0.324. The van der Waals surface area contributed by atoms with Gasteiger partial charge in [0.15, 0.2) is 0 Å². The first-order valence-corrected chi connectivity index (χ1v) is 11.4. The van der Waals surface area contributed by atoms with Gasteiger partial charge in [-0.2, -0.15) is 0 Å². The Morgan fingerprint density at radius 1 is 0.939 bits per heavy atom. The molecule has 2 heterocycles. The third-order valence-electron chi connectivity index (χ3n) is 5.93. The second-order valence-corrected chi connectivity index (χ2v) is 9.01. The van der Waals surface area contributed by atoms with Crippen molar-refractivity contribution >= 4 is 39.8 Å². The van der Waals surface area contributed by atoms with Crippen LogP contribution in [0.2, 0.25) is 0 Å². The number of para-hydroxylation sites is 1. The maximum absolute atomic E-state index is 14.4. The van der Waals surface area contributed by atoms with Gasteiger partial charge in [0.25, 0.3) is 11.1 Å². The van der Waals surface area contributed by atoms with E-state index in [2.05, 4.69) is 0 Å². The van der Waals surface area contributed by atoms with Crippen molar-refractivity contribution in [2.75, 3.05) is 0 Å². The van der Waals surface area contributed by atoms with Crippen LogP contribution < -0.4 is 0 Å². The van der Waals surface area contributed by atoms with Gasteiger partial charge >= 0.3 is 0 Å². The Balaban J connectivity index is 1.47. The van der Waals surface area contributed by atoms with Gasteiger partial charge in [-0.05, 0) is 71.8 Å². The van der Waals surface area contributed by atoms with E-state index >= 15 is 0 Å². The lowest BCUT2D eigenvalue weighted by atomic mass is 10.0. The van der Waals surface area contributed by atoms with E-state index in [1.807, 2.05) is 66.9 Å². The zero-order chi connectivity index (χ0) is 23.1. The summed E-state index contributed by atoms with van der Waals surface area (Å²) in [4.78, 5) is 27.5. The van der Waals surface area contributed by atoms with Crippen molar-refractivity contribution in [3.05, 3.63) is 106 Å². The van der Waals surface area contributed by atoms with Crippen LogP contribution in [0.1, 0.15) is 22.5 Å². The Bertz CT molecular complexity index is 1450. The smallest absolute Gasteiger partial charge is 0.293 e. The van der Waals surface area contributed by atoms with E-state index in [0.29, 0.717) is 10.6 Å². The summed E-state index contributed by atoms with van der Waals surface area (Å²) in [6, 6.07) is 22.3. The molecule has 5 rings (SSSR count). The summed E-state index contributed by atoms with van der Waals surface area (Å²) in [6.07, 6.45) is 1.73. The molecule has 2 amide bonds. The number of imide groups is 1. The molecular weight excluding hydrogens is 435 g/mol. The fraction of sp³-hybridized carbons (Fsp3) is 0.111. The Morgan fingerprint density at radius 2 is 1.67 bits per heavy atom. The van der Waals surface area contributed by atoms with Crippen molar-refractivity contribution in [1.29, 1.82) is 0 Å². The summed E-state index contributed by atoms with van der Waals surface area (Å²) in [5.41, 5.74) is 3.81. The lowest BCUT2D eigenvalue weighted by molar-refractivity contribution is -0.123. The summed E-state index contributed by atoms with van der Waals surface area (Å²) in [7, 11) is 0. The van der Waals surface area contributed by atoms with Crippen molar-refractivity contribution < 1.29 is 14.0 Å². The summed E-state index contributed by atoms with van der Waals surface area (Å²) in [5.74, 6) is -0.630. The molecule has 164 valence electrons. The van der Waals surface area contributed by atoms with Gasteiger partial charge in [0.1, 0.15) is 5.82 Å². The van der Waals surface area contributed by atoms with E-state index < -0.39 is 0 Å². The molecule has 1 aliphatic heterocycles. The lowest BCUT2D eigenvalue weighted by Gasteiger charge is -2.14. The number of nitrogens with zero attached hydrogens (tertiary/aromatic N) is 2. The number of benzene rings is 3. The molecule has 0 spiro atoms. The molecular formula is C27H21FN2O2S. The minimum Gasteiger partial charge on any atom is -0.315 e. The molecule has 1 aromatic heterocycles.